The first-order valence-corrected chi connectivity index (χ1v) is 10.5. The van der Waals surface area contributed by atoms with Crippen molar-refractivity contribution < 1.29 is 9.59 Å². The molecule has 2 N–H and O–H groups in total. The third kappa shape index (κ3) is 4.97. The third-order valence-corrected chi connectivity index (χ3v) is 5.57. The summed E-state index contributed by atoms with van der Waals surface area (Å²) in [5.41, 5.74) is 3.85. The lowest BCUT2D eigenvalue weighted by molar-refractivity contribution is -0.122. The molecule has 5 heteroatoms. The van der Waals surface area contributed by atoms with E-state index in [0.717, 1.165) is 35.7 Å². The minimum atomic E-state index is -0.260. The molecule has 1 saturated carbocycles. The SMILES string of the molecule is CCN(CC)c1ccc(NC(=O)C2CC2C(=O)Nc2ccccc2C(C)C)cc1. The van der Waals surface area contributed by atoms with Crippen LogP contribution < -0.4 is 15.5 Å². The molecule has 2 atom stereocenters. The standard InChI is InChI=1S/C24H31N3O2/c1-5-27(6-2)18-13-11-17(12-14-18)25-23(28)20-15-21(20)24(29)26-22-10-8-7-9-19(22)16(3)4/h7-14,16,20-21H,5-6,15H2,1-4H3,(H,25,28)(H,26,29). The van der Waals surface area contributed by atoms with Gasteiger partial charge in [-0.15, -0.1) is 0 Å². The Morgan fingerprint density at radius 1 is 0.931 bits per heavy atom. The molecule has 5 nitrogen and oxygen atoms in total. The fourth-order valence-corrected chi connectivity index (χ4v) is 3.69. The molecule has 1 aliphatic rings. The van der Waals surface area contributed by atoms with Gasteiger partial charge < -0.3 is 15.5 Å². The monoisotopic (exact) mass is 393 g/mol. The lowest BCUT2D eigenvalue weighted by Gasteiger charge is -2.21. The summed E-state index contributed by atoms with van der Waals surface area (Å²) in [5, 5.41) is 5.96. The number of nitrogens with one attached hydrogen (secondary N) is 2. The van der Waals surface area contributed by atoms with Gasteiger partial charge in [-0.25, -0.2) is 0 Å². The maximum atomic E-state index is 12.6. The van der Waals surface area contributed by atoms with Crippen molar-refractivity contribution in [3.05, 3.63) is 54.1 Å². The van der Waals surface area contributed by atoms with Crippen LogP contribution in [0, 0.1) is 11.8 Å². The topological polar surface area (TPSA) is 61.4 Å². The number of carbonyl (C=O) groups is 2. The number of hydrogen-bond donors (Lipinski definition) is 2. The second-order valence-corrected chi connectivity index (χ2v) is 7.89. The van der Waals surface area contributed by atoms with Gasteiger partial charge in [-0.3, -0.25) is 9.59 Å². The van der Waals surface area contributed by atoms with Crippen molar-refractivity contribution in [2.45, 2.75) is 40.0 Å². The van der Waals surface area contributed by atoms with Gasteiger partial charge in [0.15, 0.2) is 0 Å². The van der Waals surface area contributed by atoms with Crippen LogP contribution in [0.15, 0.2) is 48.5 Å². The molecule has 2 unspecified atom stereocenters. The Balaban J connectivity index is 1.56. The number of nitrogens with zero attached hydrogens (tertiary/aromatic N) is 1. The highest BCUT2D eigenvalue weighted by molar-refractivity contribution is 6.03. The molecular formula is C24H31N3O2. The lowest BCUT2D eigenvalue weighted by Crippen LogP contribution is -2.22. The summed E-state index contributed by atoms with van der Waals surface area (Å²) in [6.07, 6.45) is 0.596. The highest BCUT2D eigenvalue weighted by Gasteiger charge is 2.48. The zero-order chi connectivity index (χ0) is 21.0. The largest absolute Gasteiger partial charge is 0.372 e. The Hall–Kier alpha value is -2.82. The van der Waals surface area contributed by atoms with Crippen LogP contribution in [0.3, 0.4) is 0 Å². The van der Waals surface area contributed by atoms with Crippen LogP contribution in [0.4, 0.5) is 17.1 Å². The minimum Gasteiger partial charge on any atom is -0.372 e. The summed E-state index contributed by atoms with van der Waals surface area (Å²) < 4.78 is 0. The minimum absolute atomic E-state index is 0.0740. The van der Waals surface area contributed by atoms with E-state index in [0.29, 0.717) is 12.3 Å². The number of rotatable bonds is 8. The summed E-state index contributed by atoms with van der Waals surface area (Å²) in [4.78, 5) is 27.4. The van der Waals surface area contributed by atoms with Crippen molar-refractivity contribution >= 4 is 28.9 Å². The van der Waals surface area contributed by atoms with E-state index in [-0.39, 0.29) is 23.7 Å². The zero-order valence-corrected chi connectivity index (χ0v) is 17.7. The van der Waals surface area contributed by atoms with Gasteiger partial charge in [0, 0.05) is 30.2 Å². The van der Waals surface area contributed by atoms with E-state index in [1.54, 1.807) is 0 Å². The van der Waals surface area contributed by atoms with Crippen molar-refractivity contribution in [2.75, 3.05) is 28.6 Å². The fraction of sp³-hybridized carbons (Fsp3) is 0.417. The van der Waals surface area contributed by atoms with Crippen LogP contribution in [0.25, 0.3) is 0 Å². The number of anilines is 3. The number of para-hydroxylation sites is 1. The average molecular weight is 394 g/mol. The molecule has 3 rings (SSSR count). The van der Waals surface area contributed by atoms with Gasteiger partial charge in [-0.1, -0.05) is 32.0 Å². The van der Waals surface area contributed by atoms with E-state index in [9.17, 15) is 9.59 Å². The van der Waals surface area contributed by atoms with E-state index in [1.807, 2.05) is 48.5 Å². The van der Waals surface area contributed by atoms with Gasteiger partial charge in [0.1, 0.15) is 0 Å². The molecule has 2 amide bonds. The van der Waals surface area contributed by atoms with E-state index in [4.69, 9.17) is 0 Å². The van der Waals surface area contributed by atoms with Crippen molar-refractivity contribution in [1.29, 1.82) is 0 Å². The summed E-state index contributed by atoms with van der Waals surface area (Å²) in [6, 6.07) is 15.7. The molecular weight excluding hydrogens is 362 g/mol. The van der Waals surface area contributed by atoms with Crippen molar-refractivity contribution in [2.24, 2.45) is 11.8 Å². The molecule has 29 heavy (non-hydrogen) atoms. The van der Waals surface area contributed by atoms with E-state index in [2.05, 4.69) is 43.2 Å². The molecule has 154 valence electrons. The lowest BCUT2D eigenvalue weighted by atomic mass is 10.0. The summed E-state index contributed by atoms with van der Waals surface area (Å²) in [6.45, 7) is 10.3. The number of hydrogen-bond acceptors (Lipinski definition) is 3. The third-order valence-electron chi connectivity index (χ3n) is 5.57. The van der Waals surface area contributed by atoms with Crippen LogP contribution in [0.1, 0.15) is 45.6 Å². The Kier molecular flexibility index (Phi) is 6.57. The molecule has 2 aromatic rings. The number of carbonyl (C=O) groups excluding carboxylic acids is 2. The van der Waals surface area contributed by atoms with Crippen molar-refractivity contribution in [3.8, 4) is 0 Å². The molecule has 2 aromatic carbocycles. The van der Waals surface area contributed by atoms with Gasteiger partial charge in [0.25, 0.3) is 0 Å². The Bertz CT molecular complexity index is 857. The highest BCUT2D eigenvalue weighted by Crippen LogP contribution is 2.40. The molecule has 0 heterocycles. The second-order valence-electron chi connectivity index (χ2n) is 7.89. The normalized spacial score (nSPS) is 17.7. The number of amides is 2. The van der Waals surface area contributed by atoms with Gasteiger partial charge in [0.05, 0.1) is 11.8 Å². The van der Waals surface area contributed by atoms with E-state index in [1.165, 1.54) is 0 Å². The van der Waals surface area contributed by atoms with Crippen LogP contribution in [0.2, 0.25) is 0 Å². The molecule has 1 fully saturated rings. The summed E-state index contributed by atoms with van der Waals surface area (Å²) >= 11 is 0. The van der Waals surface area contributed by atoms with Crippen LogP contribution in [0.5, 0.6) is 0 Å². The second kappa shape index (κ2) is 9.12. The molecule has 0 aromatic heterocycles. The predicted molar refractivity (Wildman–Crippen MR) is 119 cm³/mol. The first kappa shape index (κ1) is 20.9. The fourth-order valence-electron chi connectivity index (χ4n) is 3.69. The maximum absolute atomic E-state index is 12.6. The first-order chi connectivity index (χ1) is 13.9. The summed E-state index contributed by atoms with van der Waals surface area (Å²) in [7, 11) is 0. The van der Waals surface area contributed by atoms with E-state index < -0.39 is 0 Å². The number of benzene rings is 2. The summed E-state index contributed by atoms with van der Waals surface area (Å²) in [5.74, 6) is -0.356. The molecule has 0 spiro atoms. The Morgan fingerprint density at radius 3 is 2.10 bits per heavy atom. The van der Waals surface area contributed by atoms with Crippen molar-refractivity contribution in [1.82, 2.24) is 0 Å². The van der Waals surface area contributed by atoms with Crippen LogP contribution in [-0.2, 0) is 9.59 Å². The van der Waals surface area contributed by atoms with E-state index >= 15 is 0 Å². The Morgan fingerprint density at radius 2 is 1.52 bits per heavy atom. The van der Waals surface area contributed by atoms with Gasteiger partial charge in [0.2, 0.25) is 11.8 Å². The smallest absolute Gasteiger partial charge is 0.228 e. The Labute approximate surface area is 173 Å². The highest BCUT2D eigenvalue weighted by atomic mass is 16.2. The van der Waals surface area contributed by atoms with Crippen LogP contribution in [-0.4, -0.2) is 24.9 Å². The molecule has 1 aliphatic carbocycles. The molecule has 0 bridgehead atoms. The zero-order valence-electron chi connectivity index (χ0n) is 17.7. The average Bonchev–Trinajstić information content (AvgIpc) is 3.51. The first-order valence-electron chi connectivity index (χ1n) is 10.5. The predicted octanol–water partition coefficient (Wildman–Crippen LogP) is 4.87. The quantitative estimate of drug-likeness (QED) is 0.673. The molecule has 0 radical (unpaired) electrons. The van der Waals surface area contributed by atoms with Crippen LogP contribution >= 0.6 is 0 Å². The molecule has 0 saturated heterocycles. The van der Waals surface area contributed by atoms with Gasteiger partial charge in [-0.05, 0) is 62.1 Å². The van der Waals surface area contributed by atoms with Gasteiger partial charge >= 0.3 is 0 Å². The molecule has 0 aliphatic heterocycles. The maximum Gasteiger partial charge on any atom is 0.228 e. The van der Waals surface area contributed by atoms with Crippen molar-refractivity contribution in [3.63, 3.8) is 0 Å². The van der Waals surface area contributed by atoms with Gasteiger partial charge in [-0.2, -0.15) is 0 Å².